The fraction of sp³-hybridized carbons (Fsp3) is 0. The lowest BCUT2D eigenvalue weighted by Crippen LogP contribution is -2.31. The molecule has 0 aromatic heterocycles. The quantitative estimate of drug-likeness (QED) is 0.190. The number of hydrogen-bond acceptors (Lipinski definition) is 1. The third-order valence-electron chi connectivity index (χ3n) is 8.83. The van der Waals surface area contributed by atoms with Crippen molar-refractivity contribution in [3.8, 4) is 44.5 Å². The largest absolute Gasteiger partial charge is 0.289 e. The Hall–Kier alpha value is -6.05. The van der Waals surface area contributed by atoms with Gasteiger partial charge in [0.1, 0.15) is 0 Å². The minimum Gasteiger partial charge on any atom is -0.289 e. The van der Waals surface area contributed by atoms with Gasteiger partial charge in [0.2, 0.25) is 0 Å². The maximum Gasteiger partial charge on any atom is 0.195 e. The summed E-state index contributed by atoms with van der Waals surface area (Å²) >= 11 is 0. The van der Waals surface area contributed by atoms with E-state index in [-0.39, 0.29) is 5.78 Å². The number of fused-ring (bicyclic) bond motifs is 1. The summed E-state index contributed by atoms with van der Waals surface area (Å²) in [6, 6.07) is 62.8. The van der Waals surface area contributed by atoms with Crippen LogP contribution in [0.25, 0.3) is 55.7 Å². The van der Waals surface area contributed by atoms with E-state index in [0.717, 1.165) is 77.2 Å². The minimum absolute atomic E-state index is 0.0472. The van der Waals surface area contributed by atoms with Crippen LogP contribution < -0.4 is 10.4 Å². The lowest BCUT2D eigenvalue weighted by molar-refractivity contribution is -0.108. The van der Waals surface area contributed by atoms with Gasteiger partial charge in [0.15, 0.2) is 5.78 Å². The number of benzene rings is 7. The van der Waals surface area contributed by atoms with Crippen molar-refractivity contribution < 1.29 is 4.79 Å². The van der Waals surface area contributed by atoms with E-state index in [1.165, 1.54) is 0 Å². The third kappa shape index (κ3) is 4.62. The Kier molecular flexibility index (Phi) is 7.05. The van der Waals surface area contributed by atoms with Gasteiger partial charge in [-0.25, -0.2) is 0 Å². The Labute approximate surface area is 269 Å². The molecule has 8 rings (SSSR count). The highest BCUT2D eigenvalue weighted by molar-refractivity contribution is 6.44. The first-order chi connectivity index (χ1) is 22.8. The molecule has 1 heteroatoms. The van der Waals surface area contributed by atoms with Gasteiger partial charge in [-0.05, 0) is 55.6 Å². The summed E-state index contributed by atoms with van der Waals surface area (Å²) in [6.07, 6.45) is 0. The molecular weight excluding hydrogens is 556 g/mol. The normalized spacial score (nSPS) is 12.3. The second kappa shape index (κ2) is 11.8. The fourth-order valence-corrected chi connectivity index (χ4v) is 6.94. The first-order valence-electron chi connectivity index (χ1n) is 15.7. The Morgan fingerprint density at radius 2 is 0.457 bits per heavy atom. The second-order valence-electron chi connectivity index (χ2n) is 11.5. The van der Waals surface area contributed by atoms with E-state index in [1.54, 1.807) is 0 Å². The van der Waals surface area contributed by atoms with Crippen molar-refractivity contribution in [3.63, 3.8) is 0 Å². The van der Waals surface area contributed by atoms with Crippen molar-refractivity contribution >= 4 is 16.9 Å². The van der Waals surface area contributed by atoms with Crippen LogP contribution in [0.4, 0.5) is 0 Å². The maximum atomic E-state index is 15.2. The van der Waals surface area contributed by atoms with Crippen LogP contribution in [-0.2, 0) is 4.79 Å². The second-order valence-corrected chi connectivity index (χ2v) is 11.5. The summed E-state index contributed by atoms with van der Waals surface area (Å²) in [4.78, 5) is 15.2. The molecule has 0 bridgehead atoms. The molecule has 0 N–H and O–H groups in total. The lowest BCUT2D eigenvalue weighted by Gasteiger charge is -2.23. The number of rotatable bonds is 6. The summed E-state index contributed by atoms with van der Waals surface area (Å²) < 4.78 is 0. The molecule has 0 amide bonds. The van der Waals surface area contributed by atoms with Crippen LogP contribution in [0.2, 0.25) is 0 Å². The monoisotopic (exact) mass is 586 g/mol. The van der Waals surface area contributed by atoms with Gasteiger partial charge in [-0.2, -0.15) is 0 Å². The minimum atomic E-state index is 0.0472. The number of ketones is 1. The van der Waals surface area contributed by atoms with Crippen LogP contribution in [0.15, 0.2) is 182 Å². The van der Waals surface area contributed by atoms with E-state index in [9.17, 15) is 0 Å². The molecule has 216 valence electrons. The lowest BCUT2D eigenvalue weighted by atomic mass is 9.80. The third-order valence-corrected chi connectivity index (χ3v) is 8.83. The van der Waals surface area contributed by atoms with Crippen molar-refractivity contribution in [1.82, 2.24) is 0 Å². The molecule has 0 spiro atoms. The molecule has 0 unspecified atom stereocenters. The van der Waals surface area contributed by atoms with Crippen LogP contribution in [-0.4, -0.2) is 5.78 Å². The van der Waals surface area contributed by atoms with Gasteiger partial charge in [-0.1, -0.05) is 182 Å². The average molecular weight is 587 g/mol. The molecule has 0 atom stereocenters. The molecule has 0 radical (unpaired) electrons. The molecule has 0 heterocycles. The van der Waals surface area contributed by atoms with Gasteiger partial charge in [-0.3, -0.25) is 4.79 Å². The first kappa shape index (κ1) is 27.5. The van der Waals surface area contributed by atoms with Crippen LogP contribution in [0, 0.1) is 0 Å². The predicted molar refractivity (Wildman–Crippen MR) is 190 cm³/mol. The Bertz CT molecular complexity index is 2140. The van der Waals surface area contributed by atoms with Crippen LogP contribution in [0.1, 0.15) is 11.1 Å². The topological polar surface area (TPSA) is 17.1 Å². The highest BCUT2D eigenvalue weighted by atomic mass is 16.1. The fourth-order valence-electron chi connectivity index (χ4n) is 6.94. The molecule has 7 aromatic rings. The average Bonchev–Trinajstić information content (AvgIpc) is 3.44. The number of hydrogen-bond donors (Lipinski definition) is 0. The summed E-state index contributed by atoms with van der Waals surface area (Å²) in [5.41, 5.74) is 12.0. The van der Waals surface area contributed by atoms with E-state index in [2.05, 4.69) is 146 Å². The molecule has 0 fully saturated rings. The Balaban J connectivity index is 1.76. The van der Waals surface area contributed by atoms with E-state index < -0.39 is 0 Å². The summed E-state index contributed by atoms with van der Waals surface area (Å²) in [7, 11) is 0. The van der Waals surface area contributed by atoms with Gasteiger partial charge in [-0.15, -0.1) is 0 Å². The van der Waals surface area contributed by atoms with Crippen LogP contribution >= 0.6 is 0 Å². The highest BCUT2D eigenvalue weighted by Gasteiger charge is 2.33. The SMILES string of the molecule is O=C1C(c2ccccc2)=c2c(-c3ccccc3)c(-c3ccccc3)c(-c3ccccc3)c(-c3ccccc3)c2=C1c1ccccc1. The molecular formula is C45H30O. The molecule has 1 nitrogen and oxygen atoms in total. The molecule has 0 saturated carbocycles. The van der Waals surface area contributed by atoms with Crippen molar-refractivity contribution in [2.75, 3.05) is 0 Å². The van der Waals surface area contributed by atoms with Crippen molar-refractivity contribution in [3.05, 3.63) is 204 Å². The van der Waals surface area contributed by atoms with Gasteiger partial charge in [0.05, 0.1) is 0 Å². The molecule has 1 aliphatic carbocycles. The highest BCUT2D eigenvalue weighted by Crippen LogP contribution is 2.44. The van der Waals surface area contributed by atoms with E-state index in [4.69, 9.17) is 0 Å². The molecule has 7 aromatic carbocycles. The van der Waals surface area contributed by atoms with Crippen molar-refractivity contribution in [2.45, 2.75) is 0 Å². The maximum absolute atomic E-state index is 15.2. The Morgan fingerprint density at radius 1 is 0.239 bits per heavy atom. The van der Waals surface area contributed by atoms with E-state index in [1.807, 2.05) is 36.4 Å². The van der Waals surface area contributed by atoms with Crippen molar-refractivity contribution in [1.29, 1.82) is 0 Å². The molecule has 0 aliphatic heterocycles. The number of Topliss-reactive ketones (excluding diaryl/α,β-unsaturated/α-hetero) is 1. The number of carbonyl (C=O) groups is 1. The zero-order valence-electron chi connectivity index (χ0n) is 25.2. The van der Waals surface area contributed by atoms with Gasteiger partial charge in [0, 0.05) is 21.6 Å². The zero-order chi connectivity index (χ0) is 30.9. The summed E-state index contributed by atoms with van der Waals surface area (Å²) in [5, 5.41) is 1.97. The first-order valence-corrected chi connectivity index (χ1v) is 15.7. The standard InChI is InChI=1S/C45H30O/c46-45-41(35-27-15-5-16-28-35)43-39(33-23-11-3-12-24-33)37(31-19-7-1-8-20-31)38(32-21-9-2-10-22-32)40(34-25-13-4-14-26-34)44(43)42(45)36-29-17-6-18-30-36/h1-30H. The summed E-state index contributed by atoms with van der Waals surface area (Å²) in [6.45, 7) is 0. The smallest absolute Gasteiger partial charge is 0.195 e. The van der Waals surface area contributed by atoms with Gasteiger partial charge < -0.3 is 0 Å². The predicted octanol–water partition coefficient (Wildman–Crippen LogP) is 9.34. The molecule has 46 heavy (non-hydrogen) atoms. The van der Waals surface area contributed by atoms with E-state index >= 15 is 4.79 Å². The van der Waals surface area contributed by atoms with Crippen LogP contribution in [0.5, 0.6) is 0 Å². The van der Waals surface area contributed by atoms with Crippen LogP contribution in [0.3, 0.4) is 0 Å². The van der Waals surface area contributed by atoms with Crippen molar-refractivity contribution in [2.24, 2.45) is 0 Å². The molecule has 1 aliphatic rings. The molecule has 0 saturated heterocycles. The van der Waals surface area contributed by atoms with Gasteiger partial charge in [0.25, 0.3) is 0 Å². The number of carbonyl (C=O) groups excluding carboxylic acids is 1. The zero-order valence-corrected chi connectivity index (χ0v) is 25.2. The van der Waals surface area contributed by atoms with Gasteiger partial charge >= 0.3 is 0 Å². The van der Waals surface area contributed by atoms with E-state index in [0.29, 0.717) is 0 Å². The Morgan fingerprint density at radius 3 is 0.717 bits per heavy atom. The summed E-state index contributed by atoms with van der Waals surface area (Å²) in [5.74, 6) is 0.0472.